The number of benzene rings is 1. The molecule has 7 nitrogen and oxygen atoms in total. The Hall–Kier alpha value is -3.76. The maximum absolute atomic E-state index is 13.6. The van der Waals surface area contributed by atoms with Gasteiger partial charge in [0.1, 0.15) is 29.0 Å². The average molecular weight is 417 g/mol. The molecule has 11 heteroatoms. The number of aromatic nitrogens is 5. The zero-order chi connectivity index (χ0) is 21.5. The first-order valence-corrected chi connectivity index (χ1v) is 8.86. The van der Waals surface area contributed by atoms with Gasteiger partial charge in [-0.25, -0.2) is 14.4 Å². The average Bonchev–Trinajstić information content (AvgIpc) is 3.05. The Labute approximate surface area is 167 Å². The highest BCUT2D eigenvalue weighted by atomic mass is 19.4. The number of rotatable bonds is 4. The number of imidazole rings is 1. The van der Waals surface area contributed by atoms with Gasteiger partial charge in [-0.2, -0.15) is 23.1 Å². The second-order valence-corrected chi connectivity index (χ2v) is 6.38. The Morgan fingerprint density at radius 3 is 2.53 bits per heavy atom. The predicted octanol–water partition coefficient (Wildman–Crippen LogP) is 4.26. The van der Waals surface area contributed by atoms with Gasteiger partial charge in [-0.3, -0.25) is 4.57 Å². The van der Waals surface area contributed by atoms with E-state index >= 15 is 0 Å². The zero-order valence-electron chi connectivity index (χ0n) is 15.6. The van der Waals surface area contributed by atoms with Crippen LogP contribution in [0.2, 0.25) is 0 Å². The standard InChI is InChI=1S/C19H15F4N7/c1-2-16-27-12-7-10(20)3-5-13(12)30(16)17-8-15(24)28-18(29-17)26-11-4-6-14(25-9-11)19(21,22)23/h3-9H,2H2,1H3,(H3,24,26,28,29). The molecule has 0 fully saturated rings. The van der Waals surface area contributed by atoms with Crippen molar-refractivity contribution in [2.75, 3.05) is 11.1 Å². The van der Waals surface area contributed by atoms with Gasteiger partial charge in [0.05, 0.1) is 22.9 Å². The number of nitrogens with one attached hydrogen (secondary N) is 1. The van der Waals surface area contributed by atoms with Crippen molar-refractivity contribution in [2.45, 2.75) is 19.5 Å². The van der Waals surface area contributed by atoms with Crippen LogP contribution in [0.4, 0.5) is 35.0 Å². The fourth-order valence-electron chi connectivity index (χ4n) is 2.98. The van der Waals surface area contributed by atoms with Gasteiger partial charge in [-0.1, -0.05) is 6.92 Å². The summed E-state index contributed by atoms with van der Waals surface area (Å²) in [5.41, 5.74) is 6.26. The Bertz CT molecular complexity index is 1220. The van der Waals surface area contributed by atoms with Gasteiger partial charge in [0.25, 0.3) is 0 Å². The molecule has 0 atom stereocenters. The molecule has 30 heavy (non-hydrogen) atoms. The molecule has 0 unspecified atom stereocenters. The number of nitrogens with two attached hydrogens (primary N) is 1. The minimum Gasteiger partial charge on any atom is -0.383 e. The Balaban J connectivity index is 1.73. The number of aryl methyl sites for hydroxylation is 1. The summed E-state index contributed by atoms with van der Waals surface area (Å²) in [7, 11) is 0. The molecule has 3 heterocycles. The van der Waals surface area contributed by atoms with Gasteiger partial charge < -0.3 is 11.1 Å². The van der Waals surface area contributed by atoms with Crippen LogP contribution < -0.4 is 11.1 Å². The number of anilines is 3. The summed E-state index contributed by atoms with van der Waals surface area (Å²) < 4.78 is 53.3. The molecule has 154 valence electrons. The number of alkyl halides is 3. The number of hydrogen-bond acceptors (Lipinski definition) is 6. The maximum atomic E-state index is 13.6. The second-order valence-electron chi connectivity index (χ2n) is 6.38. The summed E-state index contributed by atoms with van der Waals surface area (Å²) in [6.07, 6.45) is -2.95. The van der Waals surface area contributed by atoms with E-state index in [1.807, 2.05) is 6.92 Å². The lowest BCUT2D eigenvalue weighted by molar-refractivity contribution is -0.141. The third kappa shape index (κ3) is 3.73. The Morgan fingerprint density at radius 2 is 1.87 bits per heavy atom. The maximum Gasteiger partial charge on any atom is 0.433 e. The fourth-order valence-corrected chi connectivity index (χ4v) is 2.98. The first kappa shape index (κ1) is 19.6. The predicted molar refractivity (Wildman–Crippen MR) is 103 cm³/mol. The van der Waals surface area contributed by atoms with E-state index < -0.39 is 17.7 Å². The molecule has 0 amide bonds. The second kappa shape index (κ2) is 7.25. The van der Waals surface area contributed by atoms with E-state index in [-0.39, 0.29) is 17.5 Å². The van der Waals surface area contributed by atoms with Crippen molar-refractivity contribution in [2.24, 2.45) is 0 Å². The lowest BCUT2D eigenvalue weighted by atomic mass is 10.3. The Kier molecular flexibility index (Phi) is 4.72. The van der Waals surface area contributed by atoms with E-state index in [0.29, 0.717) is 29.1 Å². The summed E-state index contributed by atoms with van der Waals surface area (Å²) in [6.45, 7) is 1.89. The summed E-state index contributed by atoms with van der Waals surface area (Å²) in [6, 6.07) is 7.82. The lowest BCUT2D eigenvalue weighted by Gasteiger charge is -2.11. The third-order valence-corrected chi connectivity index (χ3v) is 4.27. The van der Waals surface area contributed by atoms with Crippen LogP contribution in [0.25, 0.3) is 16.9 Å². The van der Waals surface area contributed by atoms with E-state index in [4.69, 9.17) is 5.73 Å². The summed E-state index contributed by atoms with van der Waals surface area (Å²) in [5.74, 6) is 0.812. The molecule has 4 rings (SSSR count). The quantitative estimate of drug-likeness (QED) is 0.482. The van der Waals surface area contributed by atoms with E-state index in [2.05, 4.69) is 25.3 Å². The molecule has 0 aliphatic carbocycles. The monoisotopic (exact) mass is 417 g/mol. The van der Waals surface area contributed by atoms with Crippen LogP contribution in [-0.4, -0.2) is 24.5 Å². The van der Waals surface area contributed by atoms with Crippen molar-refractivity contribution in [3.63, 3.8) is 0 Å². The van der Waals surface area contributed by atoms with Crippen molar-refractivity contribution < 1.29 is 17.6 Å². The fraction of sp³-hybridized carbons (Fsp3) is 0.158. The molecular formula is C19H15F4N7. The third-order valence-electron chi connectivity index (χ3n) is 4.27. The SMILES string of the molecule is CCc1nc2cc(F)ccc2n1-c1cc(N)nc(Nc2ccc(C(F)(F)F)nc2)n1. The minimum atomic E-state index is -4.53. The van der Waals surface area contributed by atoms with Crippen LogP contribution in [-0.2, 0) is 12.6 Å². The lowest BCUT2D eigenvalue weighted by Crippen LogP contribution is -2.09. The largest absolute Gasteiger partial charge is 0.433 e. The van der Waals surface area contributed by atoms with E-state index in [9.17, 15) is 17.6 Å². The van der Waals surface area contributed by atoms with E-state index in [1.165, 1.54) is 24.3 Å². The van der Waals surface area contributed by atoms with Gasteiger partial charge in [0, 0.05) is 18.6 Å². The molecule has 0 spiro atoms. The summed E-state index contributed by atoms with van der Waals surface area (Å²) in [5, 5.41) is 2.79. The molecule has 0 bridgehead atoms. The molecule has 4 aromatic rings. The van der Waals surface area contributed by atoms with Crippen molar-refractivity contribution in [3.05, 3.63) is 59.9 Å². The first-order chi connectivity index (χ1) is 14.2. The summed E-state index contributed by atoms with van der Waals surface area (Å²) in [4.78, 5) is 16.3. The molecular weight excluding hydrogens is 402 g/mol. The minimum absolute atomic E-state index is 0.0672. The first-order valence-electron chi connectivity index (χ1n) is 8.86. The van der Waals surface area contributed by atoms with Crippen LogP contribution in [0.5, 0.6) is 0 Å². The molecule has 0 aliphatic rings. The van der Waals surface area contributed by atoms with Gasteiger partial charge in [0.2, 0.25) is 5.95 Å². The van der Waals surface area contributed by atoms with E-state index in [0.717, 1.165) is 12.3 Å². The molecule has 3 aromatic heterocycles. The van der Waals surface area contributed by atoms with Crippen LogP contribution in [0.3, 0.4) is 0 Å². The molecule has 0 aliphatic heterocycles. The van der Waals surface area contributed by atoms with Crippen LogP contribution >= 0.6 is 0 Å². The highest BCUT2D eigenvalue weighted by Crippen LogP contribution is 2.28. The smallest absolute Gasteiger partial charge is 0.383 e. The number of nitrogen functional groups attached to an aromatic ring is 1. The van der Waals surface area contributed by atoms with Gasteiger partial charge in [-0.05, 0) is 24.3 Å². The molecule has 0 saturated heterocycles. The number of fused-ring (bicyclic) bond motifs is 1. The topological polar surface area (TPSA) is 94.5 Å². The Morgan fingerprint density at radius 1 is 1.07 bits per heavy atom. The van der Waals surface area contributed by atoms with E-state index in [1.54, 1.807) is 10.6 Å². The molecule has 0 saturated carbocycles. The van der Waals surface area contributed by atoms with Gasteiger partial charge in [-0.15, -0.1) is 0 Å². The van der Waals surface area contributed by atoms with Crippen molar-refractivity contribution in [1.82, 2.24) is 24.5 Å². The van der Waals surface area contributed by atoms with Crippen molar-refractivity contribution >= 4 is 28.5 Å². The number of halogens is 4. The van der Waals surface area contributed by atoms with Crippen molar-refractivity contribution in [1.29, 1.82) is 0 Å². The highest BCUT2D eigenvalue weighted by Gasteiger charge is 2.32. The van der Waals surface area contributed by atoms with Gasteiger partial charge in [0.15, 0.2) is 0 Å². The number of pyridine rings is 1. The van der Waals surface area contributed by atoms with Crippen LogP contribution in [0.15, 0.2) is 42.6 Å². The number of nitrogens with zero attached hydrogens (tertiary/aromatic N) is 5. The number of hydrogen-bond donors (Lipinski definition) is 2. The van der Waals surface area contributed by atoms with Crippen LogP contribution in [0.1, 0.15) is 18.4 Å². The van der Waals surface area contributed by atoms with Crippen LogP contribution in [0, 0.1) is 5.82 Å². The molecule has 3 N–H and O–H groups in total. The normalized spacial score (nSPS) is 11.8. The van der Waals surface area contributed by atoms with Gasteiger partial charge >= 0.3 is 6.18 Å². The van der Waals surface area contributed by atoms with Crippen molar-refractivity contribution in [3.8, 4) is 5.82 Å². The molecule has 0 radical (unpaired) electrons. The molecule has 1 aromatic carbocycles. The zero-order valence-corrected chi connectivity index (χ0v) is 15.6. The highest BCUT2D eigenvalue weighted by molar-refractivity contribution is 5.78. The summed E-state index contributed by atoms with van der Waals surface area (Å²) >= 11 is 0.